The zero-order chi connectivity index (χ0) is 19.1. The van der Waals surface area contributed by atoms with Crippen molar-refractivity contribution in [2.24, 2.45) is 0 Å². The zero-order valence-electron chi connectivity index (χ0n) is 14.6. The monoisotopic (exact) mass is 410 g/mol. The maximum Gasteiger partial charge on any atom is 0.226 e. The minimum atomic E-state index is -0.168. The largest absolute Gasteiger partial charge is 0.492 e. The van der Waals surface area contributed by atoms with Gasteiger partial charge >= 0.3 is 0 Å². The third kappa shape index (κ3) is 6.48. The van der Waals surface area contributed by atoms with Gasteiger partial charge in [-0.2, -0.15) is 0 Å². The van der Waals surface area contributed by atoms with Crippen LogP contribution in [0.3, 0.4) is 0 Å². The molecule has 2 aromatic rings. The Morgan fingerprint density at radius 3 is 2.65 bits per heavy atom. The first-order chi connectivity index (χ1) is 12.3. The third-order valence-corrected chi connectivity index (χ3v) is 4.33. The average Bonchev–Trinajstić information content (AvgIpc) is 2.56. The van der Waals surface area contributed by atoms with Crippen molar-refractivity contribution < 1.29 is 9.53 Å². The van der Waals surface area contributed by atoms with Crippen LogP contribution < -0.4 is 15.4 Å². The number of hydrogen-bond acceptors (Lipinski definition) is 3. The van der Waals surface area contributed by atoms with Crippen LogP contribution in [0.15, 0.2) is 36.4 Å². The Bertz CT molecular complexity index is 812. The number of nitrogens with one attached hydrogen (secondary N) is 2. The fourth-order valence-corrected chi connectivity index (χ4v) is 2.91. The van der Waals surface area contributed by atoms with Gasteiger partial charge in [-0.15, -0.1) is 0 Å². The number of ether oxygens (including phenoxy) is 1. The quantitative estimate of drug-likeness (QED) is 0.502. The molecule has 0 atom stereocenters. The Morgan fingerprint density at radius 2 is 1.92 bits per heavy atom. The van der Waals surface area contributed by atoms with Crippen LogP contribution >= 0.6 is 35.4 Å². The number of carbonyl (C=O) groups is 1. The number of benzene rings is 2. The second kappa shape index (κ2) is 9.76. The summed E-state index contributed by atoms with van der Waals surface area (Å²) in [5.41, 5.74) is 3.06. The molecule has 4 nitrogen and oxygen atoms in total. The molecule has 0 radical (unpaired) electrons. The summed E-state index contributed by atoms with van der Waals surface area (Å²) in [5, 5.41) is 7.00. The highest BCUT2D eigenvalue weighted by molar-refractivity contribution is 7.80. The molecule has 2 aromatic carbocycles. The molecule has 0 aliphatic rings. The topological polar surface area (TPSA) is 50.4 Å². The van der Waals surface area contributed by atoms with Crippen molar-refractivity contribution in [2.45, 2.75) is 26.7 Å². The molecule has 0 aliphatic carbocycles. The molecule has 0 spiro atoms. The molecule has 1 amide bonds. The molecule has 2 rings (SSSR count). The normalized spacial score (nSPS) is 10.3. The number of amides is 1. The molecule has 0 fully saturated rings. The minimum absolute atomic E-state index is 0.168. The Morgan fingerprint density at radius 1 is 1.15 bits per heavy atom. The molecular weight excluding hydrogens is 391 g/mol. The molecular formula is C19H20Cl2N2O2S. The molecule has 0 heterocycles. The molecule has 7 heteroatoms. The van der Waals surface area contributed by atoms with Gasteiger partial charge in [0.15, 0.2) is 5.11 Å². The SMILES string of the molecule is Cc1ccc(C)c(NC(=S)NC(=O)CCCOc2ccc(Cl)cc2Cl)c1. The maximum absolute atomic E-state index is 12.0. The first-order valence-corrected chi connectivity index (χ1v) is 9.27. The molecule has 0 saturated heterocycles. The maximum atomic E-state index is 12.0. The van der Waals surface area contributed by atoms with E-state index < -0.39 is 0 Å². The predicted octanol–water partition coefficient (Wildman–Crippen LogP) is 5.28. The van der Waals surface area contributed by atoms with E-state index in [1.54, 1.807) is 18.2 Å². The molecule has 138 valence electrons. The van der Waals surface area contributed by atoms with Gasteiger partial charge in [0.2, 0.25) is 5.91 Å². The zero-order valence-corrected chi connectivity index (χ0v) is 16.9. The number of carbonyl (C=O) groups excluding carboxylic acids is 1. The Labute approximate surface area is 168 Å². The lowest BCUT2D eigenvalue weighted by Crippen LogP contribution is -2.34. The first-order valence-electron chi connectivity index (χ1n) is 8.11. The predicted molar refractivity (Wildman–Crippen MR) is 111 cm³/mol. The summed E-state index contributed by atoms with van der Waals surface area (Å²) in [6, 6.07) is 11.0. The van der Waals surface area contributed by atoms with E-state index in [2.05, 4.69) is 10.6 Å². The second-order valence-corrected chi connectivity index (χ2v) is 7.10. The van der Waals surface area contributed by atoms with Gasteiger partial charge in [-0.3, -0.25) is 4.79 Å². The fraction of sp³-hybridized carbons (Fsp3) is 0.263. The van der Waals surface area contributed by atoms with Crippen LogP contribution in [0.5, 0.6) is 5.75 Å². The summed E-state index contributed by atoms with van der Waals surface area (Å²) in [6.45, 7) is 4.34. The van der Waals surface area contributed by atoms with Gasteiger partial charge in [0.25, 0.3) is 0 Å². The number of halogens is 2. The van der Waals surface area contributed by atoms with E-state index in [4.69, 9.17) is 40.2 Å². The van der Waals surface area contributed by atoms with E-state index in [0.29, 0.717) is 35.2 Å². The number of rotatable bonds is 6. The van der Waals surface area contributed by atoms with E-state index in [1.807, 2.05) is 32.0 Å². The van der Waals surface area contributed by atoms with E-state index in [9.17, 15) is 4.79 Å². The van der Waals surface area contributed by atoms with Gasteiger partial charge in [-0.05, 0) is 67.9 Å². The van der Waals surface area contributed by atoms with Gasteiger partial charge in [0.1, 0.15) is 5.75 Å². The van der Waals surface area contributed by atoms with Crippen molar-refractivity contribution in [1.29, 1.82) is 0 Å². The van der Waals surface area contributed by atoms with Crippen LogP contribution in [0.25, 0.3) is 0 Å². The Kier molecular flexibility index (Phi) is 7.69. The van der Waals surface area contributed by atoms with Crippen molar-refractivity contribution in [3.05, 3.63) is 57.6 Å². The fourth-order valence-electron chi connectivity index (χ4n) is 2.22. The van der Waals surface area contributed by atoms with E-state index in [1.165, 1.54) is 0 Å². The van der Waals surface area contributed by atoms with Crippen LogP contribution in [0.2, 0.25) is 10.0 Å². The second-order valence-electron chi connectivity index (χ2n) is 5.85. The van der Waals surface area contributed by atoms with Crippen molar-refractivity contribution in [1.82, 2.24) is 5.32 Å². The third-order valence-electron chi connectivity index (χ3n) is 3.59. The molecule has 0 unspecified atom stereocenters. The Balaban J connectivity index is 1.72. The van der Waals surface area contributed by atoms with E-state index in [0.717, 1.165) is 16.8 Å². The average molecular weight is 411 g/mol. The van der Waals surface area contributed by atoms with Crippen molar-refractivity contribution >= 4 is 52.1 Å². The first kappa shape index (κ1) is 20.5. The van der Waals surface area contributed by atoms with Crippen LogP contribution in [0, 0.1) is 13.8 Å². The summed E-state index contributed by atoms with van der Waals surface area (Å²) in [4.78, 5) is 12.0. The van der Waals surface area contributed by atoms with Crippen LogP contribution in [-0.4, -0.2) is 17.6 Å². The molecule has 0 aromatic heterocycles. The van der Waals surface area contributed by atoms with Crippen molar-refractivity contribution in [3.63, 3.8) is 0 Å². The smallest absolute Gasteiger partial charge is 0.226 e. The molecule has 0 aliphatic heterocycles. The highest BCUT2D eigenvalue weighted by Gasteiger charge is 2.07. The number of aryl methyl sites for hydroxylation is 2. The molecule has 2 N–H and O–H groups in total. The lowest BCUT2D eigenvalue weighted by Gasteiger charge is -2.12. The van der Waals surface area contributed by atoms with Gasteiger partial charge in [0, 0.05) is 17.1 Å². The van der Waals surface area contributed by atoms with Crippen LogP contribution in [-0.2, 0) is 4.79 Å². The van der Waals surface area contributed by atoms with Crippen molar-refractivity contribution in [2.75, 3.05) is 11.9 Å². The summed E-state index contributed by atoms with van der Waals surface area (Å²) >= 11 is 17.1. The summed E-state index contributed by atoms with van der Waals surface area (Å²) in [5.74, 6) is 0.377. The number of anilines is 1. The van der Waals surface area contributed by atoms with Gasteiger partial charge in [0.05, 0.1) is 11.6 Å². The lowest BCUT2D eigenvalue weighted by atomic mass is 10.1. The molecule has 26 heavy (non-hydrogen) atoms. The molecule has 0 bridgehead atoms. The standard InChI is InChI=1S/C19H20Cl2N2O2S/c1-12-5-6-13(2)16(10-12)22-19(26)23-18(24)4-3-9-25-17-8-7-14(20)11-15(17)21/h5-8,10-11H,3-4,9H2,1-2H3,(H2,22,23,24,26). The Hall–Kier alpha value is -1.82. The highest BCUT2D eigenvalue weighted by Crippen LogP contribution is 2.27. The van der Waals surface area contributed by atoms with Gasteiger partial charge < -0.3 is 15.4 Å². The van der Waals surface area contributed by atoms with Gasteiger partial charge in [-0.1, -0.05) is 35.3 Å². The van der Waals surface area contributed by atoms with E-state index >= 15 is 0 Å². The van der Waals surface area contributed by atoms with Crippen LogP contribution in [0.1, 0.15) is 24.0 Å². The lowest BCUT2D eigenvalue weighted by molar-refractivity contribution is -0.119. The van der Waals surface area contributed by atoms with Crippen LogP contribution in [0.4, 0.5) is 5.69 Å². The molecule has 0 saturated carbocycles. The minimum Gasteiger partial charge on any atom is -0.492 e. The van der Waals surface area contributed by atoms with Crippen molar-refractivity contribution in [3.8, 4) is 5.75 Å². The summed E-state index contributed by atoms with van der Waals surface area (Å²) < 4.78 is 5.55. The van der Waals surface area contributed by atoms with E-state index in [-0.39, 0.29) is 11.0 Å². The summed E-state index contributed by atoms with van der Waals surface area (Å²) in [6.07, 6.45) is 0.830. The summed E-state index contributed by atoms with van der Waals surface area (Å²) in [7, 11) is 0. The van der Waals surface area contributed by atoms with Gasteiger partial charge in [-0.25, -0.2) is 0 Å². The number of hydrogen-bond donors (Lipinski definition) is 2. The highest BCUT2D eigenvalue weighted by atomic mass is 35.5. The number of thiocarbonyl (C=S) groups is 1.